The number of nitrogens with one attached hydrogen (secondary N) is 1. The minimum atomic E-state index is 0.255. The number of benzene rings is 1. The first-order valence-corrected chi connectivity index (χ1v) is 7.59. The second kappa shape index (κ2) is 7.70. The maximum Gasteiger partial charge on any atom is 0.144 e. The zero-order chi connectivity index (χ0) is 17.7. The summed E-state index contributed by atoms with van der Waals surface area (Å²) in [5.74, 6) is 1.09. The summed E-state index contributed by atoms with van der Waals surface area (Å²) in [5, 5.41) is 3.32. The van der Waals surface area contributed by atoms with E-state index in [9.17, 15) is 0 Å². The van der Waals surface area contributed by atoms with E-state index in [-0.39, 0.29) is 5.17 Å². The maximum absolute atomic E-state index is 5.96. The highest BCUT2D eigenvalue weighted by molar-refractivity contribution is 6.68. The molecule has 0 aliphatic rings. The minimum Gasteiger partial charge on any atom is -0.494 e. The van der Waals surface area contributed by atoms with Crippen molar-refractivity contribution < 1.29 is 4.74 Å². The molecule has 0 amide bonds. The van der Waals surface area contributed by atoms with Crippen molar-refractivity contribution in [2.45, 2.75) is 13.8 Å². The van der Waals surface area contributed by atoms with Gasteiger partial charge in [0.15, 0.2) is 0 Å². The summed E-state index contributed by atoms with van der Waals surface area (Å²) >= 11 is 5.96. The Hall–Kier alpha value is -2.73. The summed E-state index contributed by atoms with van der Waals surface area (Å²) in [4.78, 5) is 8.34. The molecule has 1 aromatic heterocycles. The predicted octanol–water partition coefficient (Wildman–Crippen LogP) is 3.57. The highest BCUT2D eigenvalue weighted by Gasteiger charge is 2.07. The Bertz CT molecular complexity index is 803. The van der Waals surface area contributed by atoms with Crippen LogP contribution < -0.4 is 15.8 Å². The van der Waals surface area contributed by atoms with E-state index >= 15 is 0 Å². The van der Waals surface area contributed by atoms with Crippen LogP contribution in [-0.2, 0) is 0 Å². The number of rotatable bonds is 6. The van der Waals surface area contributed by atoms with Gasteiger partial charge >= 0.3 is 0 Å². The van der Waals surface area contributed by atoms with Gasteiger partial charge in [0.25, 0.3) is 0 Å². The summed E-state index contributed by atoms with van der Waals surface area (Å²) in [6, 6.07) is 5.67. The lowest BCUT2D eigenvalue weighted by molar-refractivity contribution is 0.413. The fourth-order valence-electron chi connectivity index (χ4n) is 2.07. The third-order valence-electron chi connectivity index (χ3n) is 3.05. The van der Waals surface area contributed by atoms with Crippen LogP contribution in [0.15, 0.2) is 59.9 Å². The van der Waals surface area contributed by atoms with Crippen molar-refractivity contribution in [1.29, 1.82) is 0 Å². The lowest BCUT2D eigenvalue weighted by Gasteiger charge is -2.12. The van der Waals surface area contributed by atoms with Crippen LogP contribution in [0.25, 0.3) is 5.69 Å². The van der Waals surface area contributed by atoms with E-state index in [2.05, 4.69) is 21.9 Å². The van der Waals surface area contributed by atoms with E-state index < -0.39 is 0 Å². The summed E-state index contributed by atoms with van der Waals surface area (Å²) in [7, 11) is 1.62. The van der Waals surface area contributed by atoms with Crippen molar-refractivity contribution in [2.24, 2.45) is 10.7 Å². The van der Waals surface area contributed by atoms with Crippen LogP contribution in [-0.4, -0.2) is 21.8 Å². The maximum atomic E-state index is 5.96. The first kappa shape index (κ1) is 17.6. The van der Waals surface area contributed by atoms with Crippen LogP contribution in [0.2, 0.25) is 0 Å². The molecule has 0 unspecified atom stereocenters. The van der Waals surface area contributed by atoms with Gasteiger partial charge in [0.1, 0.15) is 16.7 Å². The molecule has 0 aliphatic heterocycles. The number of nitrogens with two attached hydrogens (primary N) is 1. The van der Waals surface area contributed by atoms with Crippen LogP contribution >= 0.6 is 11.6 Å². The average molecular weight is 346 g/mol. The number of nitrogens with zero attached hydrogens (tertiary/aromatic N) is 3. The molecule has 0 bridgehead atoms. The van der Waals surface area contributed by atoms with Gasteiger partial charge in [0.05, 0.1) is 24.8 Å². The van der Waals surface area contributed by atoms with Gasteiger partial charge in [0, 0.05) is 23.6 Å². The molecular formula is C17H20ClN5O. The average Bonchev–Trinajstić information content (AvgIpc) is 2.92. The molecule has 2 rings (SSSR count). The topological polar surface area (TPSA) is 77.5 Å². The Labute approximate surface area is 146 Å². The monoisotopic (exact) mass is 345 g/mol. The van der Waals surface area contributed by atoms with Gasteiger partial charge in [-0.25, -0.2) is 9.98 Å². The van der Waals surface area contributed by atoms with Crippen LogP contribution in [0.4, 0.5) is 5.69 Å². The number of aliphatic imine (C=N–C) groups is 1. The van der Waals surface area contributed by atoms with Crippen molar-refractivity contribution in [1.82, 2.24) is 9.55 Å². The summed E-state index contributed by atoms with van der Waals surface area (Å²) in [5.41, 5.74) is 8.72. The van der Waals surface area contributed by atoms with Gasteiger partial charge in [-0.05, 0) is 32.1 Å². The second-order valence-electron chi connectivity index (χ2n) is 5.20. The quantitative estimate of drug-likeness (QED) is 0.784. The van der Waals surface area contributed by atoms with E-state index in [4.69, 9.17) is 22.1 Å². The molecule has 1 heterocycles. The molecule has 0 aliphatic carbocycles. The highest BCUT2D eigenvalue weighted by atomic mass is 35.5. The number of hydrogen-bond donors (Lipinski definition) is 2. The van der Waals surface area contributed by atoms with Crippen molar-refractivity contribution >= 4 is 22.5 Å². The molecule has 7 heteroatoms. The molecule has 2 aromatic rings. The molecule has 6 nitrogen and oxygen atoms in total. The number of anilines is 1. The number of aromatic nitrogens is 2. The van der Waals surface area contributed by atoms with Crippen LogP contribution in [0.1, 0.15) is 12.6 Å². The van der Waals surface area contributed by atoms with E-state index in [1.807, 2.05) is 35.9 Å². The molecule has 0 atom stereocenters. The van der Waals surface area contributed by atoms with Crippen molar-refractivity contribution in [3.8, 4) is 11.4 Å². The first-order chi connectivity index (χ1) is 11.4. The SMILES string of the molecule is C=C(/N=C(Cl)\C=C(\C)N)Nc1ccc(-n2cnc(C)c2)c(OC)c1. The van der Waals surface area contributed by atoms with E-state index in [0.717, 1.165) is 17.1 Å². The molecule has 126 valence electrons. The molecule has 0 fully saturated rings. The number of imidazole rings is 1. The Kier molecular flexibility index (Phi) is 5.65. The molecule has 1 aromatic carbocycles. The number of aryl methyl sites for hydroxylation is 1. The Morgan fingerprint density at radius 3 is 2.83 bits per heavy atom. The third kappa shape index (κ3) is 4.63. The van der Waals surface area contributed by atoms with Gasteiger partial charge in [-0.2, -0.15) is 0 Å². The fraction of sp³-hybridized carbons (Fsp3) is 0.176. The number of ether oxygens (including phenoxy) is 1. The molecule has 0 radical (unpaired) electrons. The number of methoxy groups -OCH3 is 1. The molecule has 0 spiro atoms. The summed E-state index contributed by atoms with van der Waals surface area (Å²) < 4.78 is 7.36. The lowest BCUT2D eigenvalue weighted by Crippen LogP contribution is -2.01. The number of allylic oxidation sites excluding steroid dienone is 2. The largest absolute Gasteiger partial charge is 0.494 e. The first-order valence-electron chi connectivity index (χ1n) is 7.22. The molecular weight excluding hydrogens is 326 g/mol. The zero-order valence-electron chi connectivity index (χ0n) is 13.9. The normalized spacial score (nSPS) is 12.2. The lowest BCUT2D eigenvalue weighted by atomic mass is 10.2. The van der Waals surface area contributed by atoms with Crippen LogP contribution in [0.5, 0.6) is 5.75 Å². The molecule has 3 N–H and O–H groups in total. The summed E-state index contributed by atoms with van der Waals surface area (Å²) in [6.07, 6.45) is 5.22. The van der Waals surface area contributed by atoms with Crippen LogP contribution in [0, 0.1) is 6.92 Å². The van der Waals surface area contributed by atoms with E-state index in [1.165, 1.54) is 0 Å². The Morgan fingerprint density at radius 2 is 2.25 bits per heavy atom. The Balaban J connectivity index is 2.21. The van der Waals surface area contributed by atoms with Crippen LogP contribution in [0.3, 0.4) is 0 Å². The standard InChI is InChI=1S/C17H20ClN5O/c1-11(19)7-17(18)22-13(3)21-14-5-6-15(16(8-14)24-4)23-9-12(2)20-10-23/h5-10,21H,3,19H2,1-2,4H3/b11-7-,22-17+. The summed E-state index contributed by atoms with van der Waals surface area (Å²) in [6.45, 7) is 7.49. The van der Waals surface area contributed by atoms with Crippen molar-refractivity contribution in [3.05, 3.63) is 60.6 Å². The molecule has 0 saturated heterocycles. The fourth-order valence-corrected chi connectivity index (χ4v) is 2.34. The van der Waals surface area contributed by atoms with Gasteiger partial charge in [-0.15, -0.1) is 0 Å². The Morgan fingerprint density at radius 1 is 1.50 bits per heavy atom. The zero-order valence-corrected chi connectivity index (χ0v) is 14.6. The van der Waals surface area contributed by atoms with Crippen molar-refractivity contribution in [2.75, 3.05) is 12.4 Å². The van der Waals surface area contributed by atoms with Gasteiger partial charge in [0.2, 0.25) is 0 Å². The number of hydrogen-bond acceptors (Lipinski definition) is 5. The second-order valence-corrected chi connectivity index (χ2v) is 5.59. The van der Waals surface area contributed by atoms with Gasteiger partial charge in [-0.1, -0.05) is 18.2 Å². The third-order valence-corrected chi connectivity index (χ3v) is 3.24. The number of halogens is 1. The minimum absolute atomic E-state index is 0.255. The van der Waals surface area contributed by atoms with E-state index in [1.54, 1.807) is 26.4 Å². The predicted molar refractivity (Wildman–Crippen MR) is 98.8 cm³/mol. The van der Waals surface area contributed by atoms with Crippen molar-refractivity contribution in [3.63, 3.8) is 0 Å². The smallest absolute Gasteiger partial charge is 0.144 e. The molecule has 0 saturated carbocycles. The van der Waals surface area contributed by atoms with Gasteiger partial charge in [-0.3, -0.25) is 0 Å². The highest BCUT2D eigenvalue weighted by Crippen LogP contribution is 2.27. The molecule has 24 heavy (non-hydrogen) atoms. The van der Waals surface area contributed by atoms with E-state index in [0.29, 0.717) is 17.3 Å². The van der Waals surface area contributed by atoms with Gasteiger partial charge < -0.3 is 20.4 Å².